The second-order valence-electron chi connectivity index (χ2n) is 4.70. The van der Waals surface area contributed by atoms with Crippen molar-refractivity contribution in [2.24, 2.45) is 0 Å². The first-order valence-corrected chi connectivity index (χ1v) is 6.81. The molecule has 0 saturated heterocycles. The van der Waals surface area contributed by atoms with Crippen molar-refractivity contribution in [2.45, 2.75) is 0 Å². The molecule has 0 amide bonds. The van der Waals surface area contributed by atoms with Gasteiger partial charge < -0.3 is 10.2 Å². The fourth-order valence-electron chi connectivity index (χ4n) is 2.18. The van der Waals surface area contributed by atoms with Crippen LogP contribution < -0.4 is 0 Å². The van der Waals surface area contributed by atoms with Gasteiger partial charge in [0.1, 0.15) is 22.5 Å². The molecule has 4 nitrogen and oxygen atoms in total. The molecule has 0 spiro atoms. The Morgan fingerprint density at radius 1 is 0.565 bits per heavy atom. The Bertz CT molecular complexity index is 841. The molecular weight excluding hydrogens is 324 g/mol. The fourth-order valence-corrected chi connectivity index (χ4v) is 2.18. The smallest absolute Gasteiger partial charge is 0.141 e. The Balaban J connectivity index is 0.000000160. The molecule has 0 unspecified atom stereocenters. The van der Waals surface area contributed by atoms with Crippen LogP contribution in [0.1, 0.15) is 0 Å². The Kier molecular flexibility index (Phi) is 5.69. The van der Waals surface area contributed by atoms with Gasteiger partial charge in [-0.2, -0.15) is 0 Å². The molecule has 2 heterocycles. The molecule has 112 valence electrons. The van der Waals surface area contributed by atoms with E-state index in [1.165, 1.54) is 0 Å². The van der Waals surface area contributed by atoms with Crippen molar-refractivity contribution in [2.75, 3.05) is 0 Å². The van der Waals surface area contributed by atoms with Crippen LogP contribution in [0, 0.1) is 0 Å². The van der Waals surface area contributed by atoms with E-state index in [1.807, 2.05) is 36.4 Å². The number of nitrogens with zero attached hydrogens (tertiary/aromatic N) is 2. The van der Waals surface area contributed by atoms with Gasteiger partial charge in [-0.05, 0) is 24.3 Å². The number of phenolic OH excluding ortho intramolecular Hbond substituents is 2. The van der Waals surface area contributed by atoms with Gasteiger partial charge in [0.2, 0.25) is 0 Å². The second-order valence-corrected chi connectivity index (χ2v) is 4.70. The van der Waals surface area contributed by atoms with Gasteiger partial charge in [-0.3, -0.25) is 9.97 Å². The Labute approximate surface area is 148 Å². The van der Waals surface area contributed by atoms with Gasteiger partial charge in [0.05, 0.1) is 0 Å². The first kappa shape index (κ1) is 16.9. The molecule has 0 bridgehead atoms. The number of para-hydroxylation sites is 2. The summed E-state index contributed by atoms with van der Waals surface area (Å²) in [5, 5.41) is 20.5. The number of aromatic nitrogens is 2. The van der Waals surface area contributed by atoms with Crippen LogP contribution in [0.3, 0.4) is 0 Å². The largest absolute Gasteiger partial charge is 0.506 e. The number of phenols is 2. The topological polar surface area (TPSA) is 66.2 Å². The zero-order valence-electron chi connectivity index (χ0n) is 12.2. The summed E-state index contributed by atoms with van der Waals surface area (Å²) in [7, 11) is 0. The predicted octanol–water partition coefficient (Wildman–Crippen LogP) is 3.88. The van der Waals surface area contributed by atoms with Crippen LogP contribution in [0.15, 0.2) is 73.1 Å². The molecule has 2 aromatic heterocycles. The molecule has 2 N–H and O–H groups in total. The van der Waals surface area contributed by atoms with Crippen molar-refractivity contribution >= 4 is 21.8 Å². The minimum atomic E-state index is 0. The number of benzene rings is 2. The van der Waals surface area contributed by atoms with Crippen molar-refractivity contribution in [3.8, 4) is 11.5 Å². The van der Waals surface area contributed by atoms with Crippen LogP contribution in [0.4, 0.5) is 0 Å². The molecule has 0 atom stereocenters. The zero-order valence-corrected chi connectivity index (χ0v) is 13.8. The summed E-state index contributed by atoms with van der Waals surface area (Å²) in [4.78, 5) is 8.06. The summed E-state index contributed by atoms with van der Waals surface area (Å²) < 4.78 is 0. The summed E-state index contributed by atoms with van der Waals surface area (Å²) in [6.45, 7) is 0. The third kappa shape index (κ3) is 3.86. The van der Waals surface area contributed by atoms with E-state index in [4.69, 9.17) is 0 Å². The van der Waals surface area contributed by atoms with Gasteiger partial charge in [-0.1, -0.05) is 36.4 Å². The average Bonchev–Trinajstić information content (AvgIpc) is 2.57. The van der Waals surface area contributed by atoms with E-state index in [1.54, 1.807) is 36.7 Å². The van der Waals surface area contributed by atoms with Crippen LogP contribution in [0.25, 0.3) is 21.8 Å². The van der Waals surface area contributed by atoms with E-state index in [0.717, 1.165) is 10.8 Å². The summed E-state index contributed by atoms with van der Waals surface area (Å²) >= 11 is 0. The van der Waals surface area contributed by atoms with Crippen molar-refractivity contribution in [1.82, 2.24) is 9.97 Å². The number of hydrogen-bond donors (Lipinski definition) is 2. The molecule has 4 aromatic rings. The van der Waals surface area contributed by atoms with Crippen molar-refractivity contribution in [3.05, 3.63) is 73.1 Å². The quantitative estimate of drug-likeness (QED) is 0.478. The van der Waals surface area contributed by atoms with Crippen LogP contribution in [-0.4, -0.2) is 20.2 Å². The molecule has 0 aliphatic heterocycles. The van der Waals surface area contributed by atoms with Crippen LogP contribution in [0.2, 0.25) is 0 Å². The molecule has 23 heavy (non-hydrogen) atoms. The SMILES string of the molecule is Oc1cccc2cccnc12.Oc1cccc2cccnc12.[Ti]. The third-order valence-corrected chi connectivity index (χ3v) is 3.22. The molecule has 5 heteroatoms. The van der Waals surface area contributed by atoms with Crippen LogP contribution in [0.5, 0.6) is 11.5 Å². The van der Waals surface area contributed by atoms with E-state index in [2.05, 4.69) is 9.97 Å². The predicted molar refractivity (Wildman–Crippen MR) is 86.8 cm³/mol. The fraction of sp³-hybridized carbons (Fsp3) is 0. The standard InChI is InChI=1S/2C9H7NO.Ti/c2*11-8-5-1-3-7-4-2-6-10-9(7)8;/h2*1-6,11H;. The van der Waals surface area contributed by atoms with Gasteiger partial charge in [0.25, 0.3) is 0 Å². The molecule has 0 saturated carbocycles. The van der Waals surface area contributed by atoms with Gasteiger partial charge >= 0.3 is 0 Å². The Morgan fingerprint density at radius 2 is 0.957 bits per heavy atom. The Hall–Kier alpha value is -2.43. The summed E-state index contributed by atoms with van der Waals surface area (Å²) in [6.07, 6.45) is 3.34. The van der Waals surface area contributed by atoms with Crippen molar-refractivity contribution in [1.29, 1.82) is 0 Å². The normalized spacial score (nSPS) is 9.74. The number of aromatic hydroxyl groups is 2. The summed E-state index contributed by atoms with van der Waals surface area (Å²) in [5.41, 5.74) is 1.32. The molecule has 2 aromatic carbocycles. The summed E-state index contributed by atoms with van der Waals surface area (Å²) in [6, 6.07) is 18.3. The van der Waals surface area contributed by atoms with Crippen LogP contribution in [-0.2, 0) is 21.7 Å². The number of hydrogen-bond acceptors (Lipinski definition) is 4. The van der Waals surface area contributed by atoms with Gasteiger partial charge in [0, 0.05) is 44.9 Å². The maximum Gasteiger partial charge on any atom is 0.141 e. The van der Waals surface area contributed by atoms with Gasteiger partial charge in [0.15, 0.2) is 0 Å². The third-order valence-electron chi connectivity index (χ3n) is 3.22. The maximum atomic E-state index is 9.31. The number of pyridine rings is 2. The van der Waals surface area contributed by atoms with Gasteiger partial charge in [-0.15, -0.1) is 0 Å². The molecule has 0 radical (unpaired) electrons. The molecule has 0 aliphatic carbocycles. The number of rotatable bonds is 0. The second kappa shape index (κ2) is 7.72. The zero-order chi connectivity index (χ0) is 15.4. The van der Waals surface area contributed by atoms with E-state index in [0.29, 0.717) is 11.0 Å². The van der Waals surface area contributed by atoms with Crippen molar-refractivity contribution in [3.63, 3.8) is 0 Å². The monoisotopic (exact) mass is 338 g/mol. The minimum Gasteiger partial charge on any atom is -0.506 e. The van der Waals surface area contributed by atoms with E-state index < -0.39 is 0 Å². The van der Waals surface area contributed by atoms with E-state index >= 15 is 0 Å². The molecule has 0 aliphatic rings. The Morgan fingerprint density at radius 3 is 1.35 bits per heavy atom. The first-order valence-electron chi connectivity index (χ1n) is 6.81. The van der Waals surface area contributed by atoms with Gasteiger partial charge in [-0.25, -0.2) is 0 Å². The average molecular weight is 338 g/mol. The minimum absolute atomic E-state index is 0. The van der Waals surface area contributed by atoms with E-state index in [-0.39, 0.29) is 33.2 Å². The van der Waals surface area contributed by atoms with Crippen LogP contribution >= 0.6 is 0 Å². The van der Waals surface area contributed by atoms with Crippen molar-refractivity contribution < 1.29 is 31.9 Å². The summed E-state index contributed by atoms with van der Waals surface area (Å²) in [5.74, 6) is 0.478. The molecule has 4 rings (SSSR count). The maximum absolute atomic E-state index is 9.31. The first-order chi connectivity index (χ1) is 10.8. The molecular formula is C18H14N2O2Ti. The number of fused-ring (bicyclic) bond motifs is 2. The van der Waals surface area contributed by atoms with E-state index in [9.17, 15) is 10.2 Å². The molecule has 0 fully saturated rings.